The third kappa shape index (κ3) is 2.76. The number of benzene rings is 2. The lowest BCUT2D eigenvalue weighted by atomic mass is 9.82. The number of fused-ring (bicyclic) bond motifs is 2. The van der Waals surface area contributed by atoms with Crippen molar-refractivity contribution in [1.82, 2.24) is 4.98 Å². The van der Waals surface area contributed by atoms with Crippen LogP contribution in [0.5, 0.6) is 0 Å². The number of furan rings is 1. The Balaban J connectivity index is 1.86. The van der Waals surface area contributed by atoms with Crippen molar-refractivity contribution in [2.45, 2.75) is 19.3 Å². The summed E-state index contributed by atoms with van der Waals surface area (Å²) in [4.78, 5) is 3.22. The normalized spacial score (nSPS) is 12.7. The maximum Gasteiger partial charge on any atom is 0.229 e. The molecule has 0 unspecified atom stereocenters. The molecule has 2 aromatic carbocycles. The number of hydrogen-bond acceptors (Lipinski definition) is 3. The van der Waals surface area contributed by atoms with Crippen molar-refractivity contribution in [2.24, 2.45) is 0 Å². The Morgan fingerprint density at radius 2 is 1.85 bits per heavy atom. The first-order valence-electron chi connectivity index (χ1n) is 8.33. The van der Waals surface area contributed by atoms with Crippen LogP contribution in [-0.2, 0) is 15.4 Å². The molecule has 0 fully saturated rings. The quantitative estimate of drug-likeness (QED) is 0.552. The van der Waals surface area contributed by atoms with Crippen molar-refractivity contribution < 1.29 is 12.8 Å². The summed E-state index contributed by atoms with van der Waals surface area (Å²) in [6.07, 6.45) is 3.07. The van der Waals surface area contributed by atoms with Gasteiger partial charge in [-0.05, 0) is 37.6 Å². The Hall–Kier alpha value is -2.73. The van der Waals surface area contributed by atoms with Gasteiger partial charge in [-0.3, -0.25) is 4.72 Å². The second-order valence-electron chi connectivity index (χ2n) is 7.08. The molecule has 0 radical (unpaired) electrons. The van der Waals surface area contributed by atoms with Gasteiger partial charge in [-0.2, -0.15) is 0 Å². The van der Waals surface area contributed by atoms with Gasteiger partial charge >= 0.3 is 0 Å². The van der Waals surface area contributed by atoms with Crippen LogP contribution in [0.15, 0.2) is 59.1 Å². The summed E-state index contributed by atoms with van der Waals surface area (Å²) in [5, 5.41) is 2.03. The van der Waals surface area contributed by atoms with Crippen LogP contribution in [0, 0.1) is 0 Å². The number of aromatic amines is 1. The van der Waals surface area contributed by atoms with E-state index in [-0.39, 0.29) is 5.41 Å². The summed E-state index contributed by atoms with van der Waals surface area (Å²) < 4.78 is 31.9. The number of aromatic nitrogens is 1. The third-order valence-corrected chi connectivity index (χ3v) is 5.32. The summed E-state index contributed by atoms with van der Waals surface area (Å²) >= 11 is 0. The standard InChI is InChI=1S/C20H20N2O3S/c1-20(2,18-11-13-7-4-5-10-17(13)25-18)15-12-21-19-14(15)8-6-9-16(19)22-26(3,23)24/h4-12,21-22H,1-3H3. The molecule has 6 heteroatoms. The number of H-pyrrole nitrogens is 1. The minimum atomic E-state index is -3.35. The molecule has 0 aliphatic heterocycles. The van der Waals surface area contributed by atoms with Gasteiger partial charge in [-0.1, -0.05) is 30.3 Å². The zero-order valence-electron chi connectivity index (χ0n) is 14.8. The van der Waals surface area contributed by atoms with Crippen molar-refractivity contribution in [1.29, 1.82) is 0 Å². The number of sulfonamides is 1. The summed E-state index contributed by atoms with van der Waals surface area (Å²) in [5.74, 6) is 0.862. The highest BCUT2D eigenvalue weighted by atomic mass is 32.2. The number of anilines is 1. The maximum absolute atomic E-state index is 11.6. The van der Waals surface area contributed by atoms with E-state index in [1.807, 2.05) is 42.6 Å². The van der Waals surface area contributed by atoms with Gasteiger partial charge in [-0.15, -0.1) is 0 Å². The number of para-hydroxylation sites is 2. The van der Waals surface area contributed by atoms with Crippen LogP contribution in [0.4, 0.5) is 5.69 Å². The molecule has 26 heavy (non-hydrogen) atoms. The van der Waals surface area contributed by atoms with Crippen LogP contribution < -0.4 is 4.72 Å². The van der Waals surface area contributed by atoms with Crippen LogP contribution in [-0.4, -0.2) is 19.7 Å². The Bertz CT molecular complexity index is 1180. The van der Waals surface area contributed by atoms with Crippen LogP contribution in [0.1, 0.15) is 25.2 Å². The molecule has 134 valence electrons. The molecule has 4 aromatic rings. The van der Waals surface area contributed by atoms with Gasteiger partial charge in [0, 0.05) is 22.4 Å². The maximum atomic E-state index is 11.6. The average Bonchev–Trinajstić information content (AvgIpc) is 3.18. The summed E-state index contributed by atoms with van der Waals surface area (Å²) in [6.45, 7) is 4.20. The first-order chi connectivity index (χ1) is 12.3. The molecule has 2 N–H and O–H groups in total. The summed E-state index contributed by atoms with van der Waals surface area (Å²) in [7, 11) is -3.35. The van der Waals surface area contributed by atoms with Gasteiger partial charge in [0.05, 0.1) is 17.5 Å². The molecule has 0 aliphatic rings. The second-order valence-corrected chi connectivity index (χ2v) is 8.83. The molecule has 2 heterocycles. The molecule has 0 atom stereocenters. The van der Waals surface area contributed by atoms with Gasteiger partial charge in [-0.25, -0.2) is 8.42 Å². The van der Waals surface area contributed by atoms with Gasteiger partial charge < -0.3 is 9.40 Å². The van der Waals surface area contributed by atoms with Crippen molar-refractivity contribution in [2.75, 3.05) is 11.0 Å². The Labute approximate surface area is 152 Å². The van der Waals surface area contributed by atoms with Crippen LogP contribution in [0.2, 0.25) is 0 Å². The SMILES string of the molecule is CC(C)(c1cc2ccccc2o1)c1c[nH]c2c(NS(C)(=O)=O)cccc12. The number of hydrogen-bond donors (Lipinski definition) is 2. The van der Waals surface area contributed by atoms with E-state index in [0.29, 0.717) is 5.69 Å². The zero-order chi connectivity index (χ0) is 18.5. The molecule has 5 nitrogen and oxygen atoms in total. The predicted molar refractivity (Wildman–Crippen MR) is 105 cm³/mol. The van der Waals surface area contributed by atoms with Crippen molar-refractivity contribution in [3.8, 4) is 0 Å². The largest absolute Gasteiger partial charge is 0.460 e. The highest BCUT2D eigenvalue weighted by molar-refractivity contribution is 7.92. The van der Waals surface area contributed by atoms with Crippen LogP contribution in [0.25, 0.3) is 21.9 Å². The fourth-order valence-corrected chi connectivity index (χ4v) is 3.95. The zero-order valence-corrected chi connectivity index (χ0v) is 15.6. The van der Waals surface area contributed by atoms with E-state index in [1.165, 1.54) is 0 Å². The van der Waals surface area contributed by atoms with Gasteiger partial charge in [0.25, 0.3) is 0 Å². The Kier molecular flexibility index (Phi) is 3.63. The van der Waals surface area contributed by atoms with E-state index in [4.69, 9.17) is 4.42 Å². The van der Waals surface area contributed by atoms with E-state index in [9.17, 15) is 8.42 Å². The highest BCUT2D eigenvalue weighted by Gasteiger charge is 2.30. The smallest absolute Gasteiger partial charge is 0.229 e. The molecular weight excluding hydrogens is 348 g/mol. The number of nitrogens with one attached hydrogen (secondary N) is 2. The molecule has 0 saturated carbocycles. The minimum Gasteiger partial charge on any atom is -0.460 e. The second kappa shape index (κ2) is 5.64. The lowest BCUT2D eigenvalue weighted by Gasteiger charge is -2.21. The fourth-order valence-electron chi connectivity index (χ4n) is 3.38. The van der Waals surface area contributed by atoms with Crippen molar-refractivity contribution in [3.05, 3.63) is 66.1 Å². The lowest BCUT2D eigenvalue weighted by molar-refractivity contribution is 0.455. The van der Waals surface area contributed by atoms with E-state index < -0.39 is 10.0 Å². The monoisotopic (exact) mass is 368 g/mol. The van der Waals surface area contributed by atoms with Crippen LogP contribution >= 0.6 is 0 Å². The molecule has 2 aromatic heterocycles. The van der Waals surface area contributed by atoms with Gasteiger partial charge in [0.15, 0.2) is 0 Å². The van der Waals surface area contributed by atoms with Crippen molar-refractivity contribution >= 4 is 37.6 Å². The first kappa shape index (κ1) is 16.7. The third-order valence-electron chi connectivity index (χ3n) is 4.73. The molecule has 0 spiro atoms. The summed E-state index contributed by atoms with van der Waals surface area (Å²) in [6, 6.07) is 15.6. The molecule has 0 saturated heterocycles. The predicted octanol–water partition coefficient (Wildman–Crippen LogP) is 4.61. The lowest BCUT2D eigenvalue weighted by Crippen LogP contribution is -2.17. The molecule has 0 bridgehead atoms. The van der Waals surface area contributed by atoms with E-state index in [2.05, 4.69) is 29.6 Å². The molecule has 4 rings (SSSR count). The molecule has 0 aliphatic carbocycles. The Morgan fingerprint density at radius 3 is 2.58 bits per heavy atom. The molecule has 0 amide bonds. The highest BCUT2D eigenvalue weighted by Crippen LogP contribution is 2.39. The van der Waals surface area contributed by atoms with Crippen molar-refractivity contribution in [3.63, 3.8) is 0 Å². The topological polar surface area (TPSA) is 75.1 Å². The Morgan fingerprint density at radius 1 is 1.08 bits per heavy atom. The number of rotatable bonds is 4. The summed E-state index contributed by atoms with van der Waals surface area (Å²) in [5.41, 5.74) is 2.81. The van der Waals surface area contributed by atoms with Gasteiger partial charge in [0.1, 0.15) is 11.3 Å². The average molecular weight is 368 g/mol. The van der Waals surface area contributed by atoms with Crippen LogP contribution in [0.3, 0.4) is 0 Å². The minimum absolute atomic E-state index is 0.388. The first-order valence-corrected chi connectivity index (χ1v) is 10.2. The van der Waals surface area contributed by atoms with E-state index in [0.717, 1.165) is 39.5 Å². The van der Waals surface area contributed by atoms with E-state index >= 15 is 0 Å². The molecular formula is C20H20N2O3S. The van der Waals surface area contributed by atoms with E-state index in [1.54, 1.807) is 6.07 Å². The van der Waals surface area contributed by atoms with Gasteiger partial charge in [0.2, 0.25) is 10.0 Å². The fraction of sp³-hybridized carbons (Fsp3) is 0.200.